The normalized spacial score (nSPS) is 9.68. The number of ether oxygens (including phenoxy) is 2. The summed E-state index contributed by atoms with van der Waals surface area (Å²) in [6.07, 6.45) is 0. The molecule has 19 heavy (non-hydrogen) atoms. The lowest BCUT2D eigenvalue weighted by molar-refractivity contribution is -0.115. The average molecular weight is 286 g/mol. The standard InChI is InChI=1S/C12H12ClNO5/c1-7(15)14(13)10-5-8(11(16)18-2)4-9(6-10)12(17)19-3/h4-6H,1-3H3. The number of carbonyl (C=O) groups is 3. The summed E-state index contributed by atoms with van der Waals surface area (Å²) in [5.41, 5.74) is 0.358. The maximum absolute atomic E-state index is 11.5. The Balaban J connectivity index is 3.35. The molecule has 0 aliphatic carbocycles. The van der Waals surface area contributed by atoms with E-state index in [-0.39, 0.29) is 16.8 Å². The maximum atomic E-state index is 11.5. The third-order valence-corrected chi connectivity index (χ3v) is 2.70. The lowest BCUT2D eigenvalue weighted by atomic mass is 10.1. The topological polar surface area (TPSA) is 72.9 Å². The zero-order chi connectivity index (χ0) is 14.6. The first-order valence-corrected chi connectivity index (χ1v) is 5.52. The van der Waals surface area contributed by atoms with Crippen LogP contribution in [0.3, 0.4) is 0 Å². The number of anilines is 1. The molecule has 0 fully saturated rings. The molecule has 0 saturated heterocycles. The molecular formula is C12H12ClNO5. The number of benzene rings is 1. The zero-order valence-corrected chi connectivity index (χ0v) is 11.4. The van der Waals surface area contributed by atoms with Gasteiger partial charge in [0.2, 0.25) is 5.91 Å². The number of rotatable bonds is 3. The van der Waals surface area contributed by atoms with Gasteiger partial charge in [-0.2, -0.15) is 0 Å². The molecule has 1 amide bonds. The number of halogens is 1. The van der Waals surface area contributed by atoms with E-state index in [0.29, 0.717) is 0 Å². The van der Waals surface area contributed by atoms with Crippen molar-refractivity contribution < 1.29 is 23.9 Å². The third-order valence-electron chi connectivity index (χ3n) is 2.26. The molecule has 0 aromatic heterocycles. The molecule has 0 atom stereocenters. The van der Waals surface area contributed by atoms with Crippen LogP contribution in [0.1, 0.15) is 27.6 Å². The van der Waals surface area contributed by atoms with Crippen LogP contribution in [0, 0.1) is 0 Å². The van der Waals surface area contributed by atoms with E-state index in [4.69, 9.17) is 11.8 Å². The second kappa shape index (κ2) is 6.19. The first kappa shape index (κ1) is 15.0. The molecule has 0 unspecified atom stereocenters. The number of carbonyl (C=O) groups excluding carboxylic acids is 3. The predicted octanol–water partition coefficient (Wildman–Crippen LogP) is 1.77. The van der Waals surface area contributed by atoms with Crippen molar-refractivity contribution in [3.05, 3.63) is 29.3 Å². The van der Waals surface area contributed by atoms with Gasteiger partial charge in [0.05, 0.1) is 31.0 Å². The van der Waals surface area contributed by atoms with Gasteiger partial charge in [0, 0.05) is 18.7 Å². The van der Waals surface area contributed by atoms with Crippen molar-refractivity contribution in [2.24, 2.45) is 0 Å². The predicted molar refractivity (Wildman–Crippen MR) is 68.1 cm³/mol. The van der Waals surface area contributed by atoms with Gasteiger partial charge in [-0.25, -0.2) is 14.0 Å². The van der Waals surface area contributed by atoms with E-state index in [0.717, 1.165) is 4.42 Å². The summed E-state index contributed by atoms with van der Waals surface area (Å²) in [4.78, 5) is 34.2. The Labute approximate surface area is 115 Å². The van der Waals surface area contributed by atoms with Crippen LogP contribution in [0.5, 0.6) is 0 Å². The van der Waals surface area contributed by atoms with E-state index in [9.17, 15) is 14.4 Å². The molecule has 1 rings (SSSR count). The van der Waals surface area contributed by atoms with E-state index < -0.39 is 17.8 Å². The van der Waals surface area contributed by atoms with E-state index in [1.165, 1.54) is 39.3 Å². The Morgan fingerprint density at radius 2 is 1.42 bits per heavy atom. The number of hydrogen-bond donors (Lipinski definition) is 0. The molecular weight excluding hydrogens is 274 g/mol. The third kappa shape index (κ3) is 3.45. The summed E-state index contributed by atoms with van der Waals surface area (Å²) < 4.78 is 9.92. The Bertz CT molecular complexity index is 495. The highest BCUT2D eigenvalue weighted by molar-refractivity contribution is 6.36. The first-order valence-electron chi connectivity index (χ1n) is 5.19. The highest BCUT2D eigenvalue weighted by atomic mass is 35.5. The van der Waals surface area contributed by atoms with Crippen LogP contribution in [0.15, 0.2) is 18.2 Å². The second-order valence-corrected chi connectivity index (χ2v) is 3.89. The summed E-state index contributed by atoms with van der Waals surface area (Å²) in [6.45, 7) is 1.25. The minimum absolute atomic E-state index is 0.0901. The second-order valence-electron chi connectivity index (χ2n) is 3.55. The highest BCUT2D eigenvalue weighted by Crippen LogP contribution is 2.22. The smallest absolute Gasteiger partial charge is 0.337 e. The van der Waals surface area contributed by atoms with Crippen LogP contribution in [0.25, 0.3) is 0 Å². The fourth-order valence-corrected chi connectivity index (χ4v) is 1.48. The molecule has 0 N–H and O–H groups in total. The molecule has 0 aliphatic rings. The largest absolute Gasteiger partial charge is 0.465 e. The SMILES string of the molecule is COC(=O)c1cc(C(=O)OC)cc(N(Cl)C(C)=O)c1. The van der Waals surface area contributed by atoms with Crippen molar-refractivity contribution >= 4 is 35.3 Å². The van der Waals surface area contributed by atoms with Crippen LogP contribution >= 0.6 is 11.8 Å². The lowest BCUT2D eigenvalue weighted by Crippen LogP contribution is -2.18. The van der Waals surface area contributed by atoms with Crippen molar-refractivity contribution in [3.8, 4) is 0 Å². The Kier molecular flexibility index (Phi) is 4.88. The number of amides is 1. The van der Waals surface area contributed by atoms with E-state index >= 15 is 0 Å². The minimum Gasteiger partial charge on any atom is -0.465 e. The molecule has 6 nitrogen and oxygen atoms in total. The summed E-state index contributed by atoms with van der Waals surface area (Å²) >= 11 is 5.76. The minimum atomic E-state index is -0.652. The molecule has 1 aromatic rings. The van der Waals surface area contributed by atoms with E-state index in [2.05, 4.69) is 9.47 Å². The highest BCUT2D eigenvalue weighted by Gasteiger charge is 2.17. The maximum Gasteiger partial charge on any atom is 0.337 e. The number of esters is 2. The van der Waals surface area contributed by atoms with Crippen LogP contribution in [0.2, 0.25) is 0 Å². The summed E-state index contributed by atoms with van der Waals surface area (Å²) in [5.74, 6) is -1.76. The molecule has 0 aliphatic heterocycles. The Morgan fingerprint density at radius 3 is 1.74 bits per heavy atom. The van der Waals surface area contributed by atoms with Gasteiger partial charge in [0.15, 0.2) is 0 Å². The molecule has 1 aromatic carbocycles. The van der Waals surface area contributed by atoms with Gasteiger partial charge in [0.25, 0.3) is 0 Å². The van der Waals surface area contributed by atoms with Crippen molar-refractivity contribution in [1.82, 2.24) is 0 Å². The molecule has 7 heteroatoms. The van der Waals surface area contributed by atoms with Gasteiger partial charge in [-0.1, -0.05) is 0 Å². The molecule has 0 radical (unpaired) electrons. The number of nitrogens with zero attached hydrogens (tertiary/aromatic N) is 1. The summed E-state index contributed by atoms with van der Waals surface area (Å²) in [5, 5.41) is 0. The fourth-order valence-electron chi connectivity index (χ4n) is 1.38. The molecule has 102 valence electrons. The van der Waals surface area contributed by atoms with Crippen molar-refractivity contribution in [2.75, 3.05) is 18.6 Å². The van der Waals surface area contributed by atoms with Crippen molar-refractivity contribution in [2.45, 2.75) is 6.92 Å². The molecule has 0 spiro atoms. The lowest BCUT2D eigenvalue weighted by Gasteiger charge is -2.13. The number of methoxy groups -OCH3 is 2. The van der Waals surface area contributed by atoms with Gasteiger partial charge >= 0.3 is 11.9 Å². The van der Waals surface area contributed by atoms with E-state index in [1.807, 2.05) is 0 Å². The van der Waals surface area contributed by atoms with Gasteiger partial charge in [-0.15, -0.1) is 0 Å². The van der Waals surface area contributed by atoms with Crippen LogP contribution in [-0.2, 0) is 14.3 Å². The van der Waals surface area contributed by atoms with Crippen molar-refractivity contribution in [1.29, 1.82) is 0 Å². The van der Waals surface area contributed by atoms with Gasteiger partial charge < -0.3 is 9.47 Å². The Hall–Kier alpha value is -2.08. The van der Waals surface area contributed by atoms with Crippen LogP contribution in [0.4, 0.5) is 5.69 Å². The number of hydrogen-bond acceptors (Lipinski definition) is 5. The van der Waals surface area contributed by atoms with Crippen LogP contribution in [-0.4, -0.2) is 32.1 Å². The fraction of sp³-hybridized carbons (Fsp3) is 0.250. The zero-order valence-electron chi connectivity index (χ0n) is 10.6. The monoisotopic (exact) mass is 285 g/mol. The van der Waals surface area contributed by atoms with Gasteiger partial charge in [-0.3, -0.25) is 4.79 Å². The Morgan fingerprint density at radius 1 is 1.00 bits per heavy atom. The average Bonchev–Trinajstić information content (AvgIpc) is 2.43. The quantitative estimate of drug-likeness (QED) is 0.625. The summed E-state index contributed by atoms with van der Waals surface area (Å²) in [6, 6.07) is 3.98. The molecule has 0 heterocycles. The van der Waals surface area contributed by atoms with Gasteiger partial charge in [-0.05, 0) is 18.2 Å². The van der Waals surface area contributed by atoms with Crippen LogP contribution < -0.4 is 4.42 Å². The molecule has 0 saturated carbocycles. The van der Waals surface area contributed by atoms with Gasteiger partial charge in [0.1, 0.15) is 0 Å². The van der Waals surface area contributed by atoms with E-state index in [1.54, 1.807) is 0 Å². The first-order chi connectivity index (χ1) is 8.90. The van der Waals surface area contributed by atoms with Crippen molar-refractivity contribution in [3.63, 3.8) is 0 Å². The summed E-state index contributed by atoms with van der Waals surface area (Å²) in [7, 11) is 2.41. The molecule has 0 bridgehead atoms.